The fourth-order valence-corrected chi connectivity index (χ4v) is 3.90. The highest BCUT2D eigenvalue weighted by Crippen LogP contribution is 2.40. The Morgan fingerprint density at radius 1 is 1.14 bits per heavy atom. The second kappa shape index (κ2) is 7.63. The predicted molar refractivity (Wildman–Crippen MR) is 118 cm³/mol. The van der Waals surface area contributed by atoms with Gasteiger partial charge in [-0.25, -0.2) is 15.0 Å². The predicted octanol–water partition coefficient (Wildman–Crippen LogP) is 5.13. The van der Waals surface area contributed by atoms with Gasteiger partial charge in [0.05, 0.1) is 9.75 Å². The first kappa shape index (κ1) is 19.9. The first-order chi connectivity index (χ1) is 13.0. The van der Waals surface area contributed by atoms with Crippen molar-refractivity contribution in [2.45, 2.75) is 26.3 Å². The van der Waals surface area contributed by atoms with Gasteiger partial charge >= 0.3 is 0 Å². The summed E-state index contributed by atoms with van der Waals surface area (Å²) in [5, 5.41) is 3.58. The number of anilines is 1. The number of nitrogens with one attached hydrogen (secondary N) is 1. The maximum Gasteiger partial charge on any atom is 0.169 e. The summed E-state index contributed by atoms with van der Waals surface area (Å²) < 4.78 is 2.05. The highest BCUT2D eigenvalue weighted by Gasteiger charge is 2.23. The van der Waals surface area contributed by atoms with Gasteiger partial charge < -0.3 is 5.32 Å². The summed E-state index contributed by atoms with van der Waals surface area (Å²) in [5.41, 5.74) is 2.38. The van der Waals surface area contributed by atoms with Crippen molar-refractivity contribution in [1.82, 2.24) is 19.4 Å². The molecule has 0 unspecified atom stereocenters. The lowest BCUT2D eigenvalue weighted by atomic mass is 10.1. The molecule has 0 radical (unpaired) electrons. The van der Waals surface area contributed by atoms with Crippen LogP contribution in [0.25, 0.3) is 26.9 Å². The fourth-order valence-electron chi connectivity index (χ4n) is 2.84. The molecule has 28 heavy (non-hydrogen) atoms. The lowest BCUT2D eigenvalue weighted by molar-refractivity contribution is 0.629. The van der Waals surface area contributed by atoms with E-state index in [0.717, 1.165) is 32.5 Å². The Morgan fingerprint density at radius 3 is 2.57 bits per heavy atom. The normalized spacial score (nSPS) is 11.1. The van der Waals surface area contributed by atoms with Gasteiger partial charge in [0.15, 0.2) is 5.82 Å². The zero-order chi connectivity index (χ0) is 19.0. The number of pyridine rings is 1. The van der Waals surface area contributed by atoms with Crippen LogP contribution in [0.15, 0.2) is 48.9 Å². The van der Waals surface area contributed by atoms with E-state index in [0.29, 0.717) is 5.82 Å². The number of halogens is 1. The van der Waals surface area contributed by atoms with Crippen LogP contribution in [0.3, 0.4) is 0 Å². The second-order valence-electron chi connectivity index (χ2n) is 7.18. The van der Waals surface area contributed by atoms with Gasteiger partial charge in [-0.3, -0.25) is 4.40 Å². The van der Waals surface area contributed by atoms with Gasteiger partial charge in [-0.1, -0.05) is 12.0 Å². The van der Waals surface area contributed by atoms with Crippen molar-refractivity contribution in [3.63, 3.8) is 0 Å². The molecule has 0 aliphatic heterocycles. The summed E-state index contributed by atoms with van der Waals surface area (Å²) in [7, 11) is 0. The third-order valence-electron chi connectivity index (χ3n) is 3.91. The third kappa shape index (κ3) is 3.72. The average Bonchev–Trinajstić information content (AvgIpc) is 3.23. The smallest absolute Gasteiger partial charge is 0.169 e. The Morgan fingerprint density at radius 2 is 1.89 bits per heavy atom. The minimum absolute atomic E-state index is 0. The van der Waals surface area contributed by atoms with Crippen LogP contribution in [0, 0.1) is 12.3 Å². The Bertz CT molecular complexity index is 1150. The molecule has 0 saturated carbocycles. The van der Waals surface area contributed by atoms with Crippen molar-refractivity contribution in [2.24, 2.45) is 0 Å². The third-order valence-corrected chi connectivity index (χ3v) is 5.05. The number of imidazole rings is 1. The molecule has 0 aromatic carbocycles. The van der Waals surface area contributed by atoms with Crippen LogP contribution < -0.4 is 5.32 Å². The molecule has 5 nitrogen and oxygen atoms in total. The summed E-state index contributed by atoms with van der Waals surface area (Å²) in [6, 6.07) is 9.72. The Kier molecular flexibility index (Phi) is 5.41. The first-order valence-electron chi connectivity index (χ1n) is 8.60. The fraction of sp³-hybridized carbons (Fsp3) is 0.190. The first-order valence-corrected chi connectivity index (χ1v) is 9.41. The number of hydrogen-bond acceptors (Lipinski definition) is 5. The minimum Gasteiger partial charge on any atom is -0.365 e. The molecule has 0 saturated heterocycles. The summed E-state index contributed by atoms with van der Waals surface area (Å²) >= 11 is 1.56. The molecule has 0 aliphatic rings. The van der Waals surface area contributed by atoms with Crippen molar-refractivity contribution in [3.05, 3.63) is 54.5 Å². The van der Waals surface area contributed by atoms with Crippen LogP contribution in [0.5, 0.6) is 0 Å². The molecule has 7 heteroatoms. The van der Waals surface area contributed by atoms with Gasteiger partial charge in [0, 0.05) is 29.7 Å². The lowest BCUT2D eigenvalue weighted by Gasteiger charge is -2.22. The largest absolute Gasteiger partial charge is 0.365 e. The van der Waals surface area contributed by atoms with Crippen LogP contribution in [-0.2, 0) is 0 Å². The standard InChI is InChI=1S/C21H19N5S.ClH/c1-5-14-13-15(19-22-10-8-11-23-19)27-18(14)17-20(25-21(2,3)4)26-12-7-6-9-16(26)24-17;/h1,6-13,25H,2-4H3;1H. The molecule has 4 rings (SSSR count). The SMILES string of the molecule is C#Cc1cc(-c2ncccn2)sc1-c1nc2ccccn2c1NC(C)(C)C.Cl. The van der Waals surface area contributed by atoms with Crippen LogP contribution in [0.2, 0.25) is 0 Å². The Hall–Kier alpha value is -2.88. The topological polar surface area (TPSA) is 55.1 Å². The number of rotatable bonds is 3. The molecule has 0 amide bonds. The zero-order valence-electron chi connectivity index (χ0n) is 15.8. The number of aromatic nitrogens is 4. The van der Waals surface area contributed by atoms with E-state index >= 15 is 0 Å². The van der Waals surface area contributed by atoms with Crippen LogP contribution in [-0.4, -0.2) is 24.9 Å². The quantitative estimate of drug-likeness (QED) is 0.476. The van der Waals surface area contributed by atoms with Gasteiger partial charge in [-0.2, -0.15) is 0 Å². The van der Waals surface area contributed by atoms with E-state index in [9.17, 15) is 0 Å². The number of fused-ring (bicyclic) bond motifs is 1. The molecule has 4 heterocycles. The minimum atomic E-state index is -0.126. The number of thiophene rings is 1. The summed E-state index contributed by atoms with van der Waals surface area (Å²) in [5.74, 6) is 4.39. The van der Waals surface area contributed by atoms with E-state index in [4.69, 9.17) is 11.4 Å². The molecule has 0 bridgehead atoms. The number of hydrogen-bond donors (Lipinski definition) is 1. The molecule has 4 aromatic heterocycles. The maximum atomic E-state index is 5.81. The average molecular weight is 410 g/mol. The van der Waals surface area contributed by atoms with Gasteiger partial charge in [0.2, 0.25) is 0 Å². The van der Waals surface area contributed by atoms with Gasteiger partial charge in [-0.15, -0.1) is 30.2 Å². The Labute approximate surface area is 174 Å². The molecule has 0 spiro atoms. The van der Waals surface area contributed by atoms with Gasteiger partial charge in [-0.05, 0) is 45.0 Å². The van der Waals surface area contributed by atoms with Crippen molar-refractivity contribution < 1.29 is 0 Å². The van der Waals surface area contributed by atoms with E-state index in [1.807, 2.05) is 30.5 Å². The van der Waals surface area contributed by atoms with Crippen LogP contribution >= 0.6 is 23.7 Å². The molecular formula is C21H20ClN5S. The molecular weight excluding hydrogens is 390 g/mol. The molecule has 0 aliphatic carbocycles. The van der Waals surface area contributed by atoms with Crippen LogP contribution in [0.1, 0.15) is 26.3 Å². The molecule has 4 aromatic rings. The van der Waals surface area contributed by atoms with Crippen molar-refractivity contribution in [1.29, 1.82) is 0 Å². The second-order valence-corrected chi connectivity index (χ2v) is 8.24. The summed E-state index contributed by atoms with van der Waals surface area (Å²) in [6.45, 7) is 6.37. The van der Waals surface area contributed by atoms with E-state index in [1.54, 1.807) is 29.8 Å². The van der Waals surface area contributed by atoms with E-state index in [-0.39, 0.29) is 17.9 Å². The van der Waals surface area contributed by atoms with Crippen molar-refractivity contribution >= 4 is 35.2 Å². The number of nitrogens with zero attached hydrogens (tertiary/aromatic N) is 4. The van der Waals surface area contributed by atoms with Crippen molar-refractivity contribution in [3.8, 4) is 33.6 Å². The summed E-state index contributed by atoms with van der Waals surface area (Å²) in [6.07, 6.45) is 11.3. The highest BCUT2D eigenvalue weighted by atomic mass is 35.5. The molecule has 1 N–H and O–H groups in total. The zero-order valence-corrected chi connectivity index (χ0v) is 17.4. The maximum absolute atomic E-state index is 5.81. The van der Waals surface area contributed by atoms with Crippen molar-refractivity contribution in [2.75, 3.05) is 5.32 Å². The van der Waals surface area contributed by atoms with E-state index in [1.165, 1.54) is 0 Å². The summed E-state index contributed by atoms with van der Waals surface area (Å²) in [4.78, 5) is 15.4. The highest BCUT2D eigenvalue weighted by molar-refractivity contribution is 7.19. The lowest BCUT2D eigenvalue weighted by Crippen LogP contribution is -2.27. The Balaban J connectivity index is 0.00000225. The molecule has 142 valence electrons. The van der Waals surface area contributed by atoms with E-state index < -0.39 is 0 Å². The van der Waals surface area contributed by atoms with E-state index in [2.05, 4.69) is 46.4 Å². The van der Waals surface area contributed by atoms with Gasteiger partial charge in [0.1, 0.15) is 17.2 Å². The number of terminal acetylenes is 1. The van der Waals surface area contributed by atoms with Gasteiger partial charge in [0.25, 0.3) is 0 Å². The monoisotopic (exact) mass is 409 g/mol. The van der Waals surface area contributed by atoms with Crippen LogP contribution in [0.4, 0.5) is 5.82 Å². The molecule has 0 atom stereocenters. The molecule has 0 fully saturated rings.